The summed E-state index contributed by atoms with van der Waals surface area (Å²) in [5, 5.41) is 3.03. The summed E-state index contributed by atoms with van der Waals surface area (Å²) in [5.41, 5.74) is 3.87. The first-order chi connectivity index (χ1) is 12.0. The van der Waals surface area contributed by atoms with Gasteiger partial charge in [0.2, 0.25) is 0 Å². The molecule has 4 fully saturated rings. The van der Waals surface area contributed by atoms with Gasteiger partial charge in [-0.1, -0.05) is 17.7 Å². The molecule has 4 aliphatic rings. The van der Waals surface area contributed by atoms with Crippen molar-refractivity contribution >= 4 is 11.8 Å². The maximum absolute atomic E-state index is 12.7. The normalized spacial score (nSPS) is 33.8. The van der Waals surface area contributed by atoms with Crippen LogP contribution in [0.2, 0.25) is 0 Å². The molecule has 4 bridgehead atoms. The number of carbonyl (C=O) groups is 2. The van der Waals surface area contributed by atoms with Gasteiger partial charge >= 0.3 is 0 Å². The molecule has 0 unspecified atom stereocenters. The van der Waals surface area contributed by atoms with Crippen molar-refractivity contribution in [3.63, 3.8) is 0 Å². The van der Waals surface area contributed by atoms with Gasteiger partial charge < -0.3 is 5.32 Å². The zero-order chi connectivity index (χ0) is 17.6. The van der Waals surface area contributed by atoms with E-state index in [2.05, 4.69) is 10.7 Å². The molecule has 1 aromatic carbocycles. The lowest BCUT2D eigenvalue weighted by molar-refractivity contribution is -0.134. The van der Waals surface area contributed by atoms with Gasteiger partial charge in [0.05, 0.1) is 0 Å². The van der Waals surface area contributed by atoms with E-state index in [0.717, 1.165) is 24.8 Å². The lowest BCUT2D eigenvalue weighted by Gasteiger charge is -2.58. The summed E-state index contributed by atoms with van der Waals surface area (Å²) in [5.74, 6) is 7.14. The van der Waals surface area contributed by atoms with Crippen molar-refractivity contribution in [2.75, 3.05) is 0 Å². The number of nitrogens with two attached hydrogens (primary N) is 1. The molecule has 134 valence electrons. The third-order valence-electron chi connectivity index (χ3n) is 6.69. The fraction of sp³-hybridized carbons (Fsp3) is 0.600. The average Bonchev–Trinajstić information content (AvgIpc) is 2.58. The minimum absolute atomic E-state index is 0.126. The molecule has 5 heteroatoms. The minimum Gasteiger partial charge on any atom is -0.340 e. The highest BCUT2D eigenvalue weighted by molar-refractivity contribution is 5.97. The van der Waals surface area contributed by atoms with Crippen LogP contribution in [0.4, 0.5) is 0 Å². The summed E-state index contributed by atoms with van der Waals surface area (Å²) in [6.45, 7) is 1.99. The first-order valence-corrected chi connectivity index (χ1v) is 9.37. The van der Waals surface area contributed by atoms with Crippen molar-refractivity contribution < 1.29 is 9.59 Å². The Kier molecular flexibility index (Phi) is 4.07. The van der Waals surface area contributed by atoms with Crippen LogP contribution in [0.25, 0.3) is 0 Å². The smallest absolute Gasteiger partial charge is 0.257 e. The molecule has 0 aliphatic heterocycles. The van der Waals surface area contributed by atoms with Gasteiger partial charge in [0.25, 0.3) is 11.8 Å². The summed E-state index contributed by atoms with van der Waals surface area (Å²) >= 11 is 0. The van der Waals surface area contributed by atoms with Crippen LogP contribution < -0.4 is 16.6 Å². The molecule has 0 radical (unpaired) electrons. The SMILES string of the molecule is Cc1ccc(C(=O)N[C@H](C(=O)NN)C23CC4CC(CC(C4)C2)C3)cc1. The van der Waals surface area contributed by atoms with Gasteiger partial charge in [0.1, 0.15) is 6.04 Å². The molecule has 5 rings (SSSR count). The Bertz CT molecular complexity index is 647. The number of rotatable bonds is 4. The van der Waals surface area contributed by atoms with E-state index in [-0.39, 0.29) is 17.2 Å². The van der Waals surface area contributed by atoms with Gasteiger partial charge in [-0.25, -0.2) is 5.84 Å². The summed E-state index contributed by atoms with van der Waals surface area (Å²) in [4.78, 5) is 25.3. The molecule has 5 nitrogen and oxygen atoms in total. The molecule has 4 aliphatic carbocycles. The van der Waals surface area contributed by atoms with Crippen molar-refractivity contribution in [1.82, 2.24) is 10.7 Å². The molecule has 4 N–H and O–H groups in total. The number of hydrogen-bond donors (Lipinski definition) is 3. The standard InChI is InChI=1S/C20H27N3O2/c1-12-2-4-16(5-3-12)18(24)22-17(19(25)23-21)20-9-13-6-14(10-20)8-15(7-13)11-20/h2-5,13-15,17H,6-11,21H2,1H3,(H,22,24)(H,23,25)/t13?,14?,15?,17-,20?/m1/s1. The molecule has 1 atom stereocenters. The molecule has 0 heterocycles. The summed E-state index contributed by atoms with van der Waals surface area (Å²) in [7, 11) is 0. The van der Waals surface area contributed by atoms with Crippen LogP contribution in [-0.2, 0) is 4.79 Å². The third kappa shape index (κ3) is 2.95. The van der Waals surface area contributed by atoms with E-state index in [4.69, 9.17) is 5.84 Å². The number of hydrogen-bond acceptors (Lipinski definition) is 3. The second-order valence-electron chi connectivity index (χ2n) is 8.56. The molecule has 2 amide bonds. The van der Waals surface area contributed by atoms with E-state index in [1.807, 2.05) is 31.2 Å². The van der Waals surface area contributed by atoms with Crippen LogP contribution in [0.15, 0.2) is 24.3 Å². The number of amides is 2. The Balaban J connectivity index is 1.59. The largest absolute Gasteiger partial charge is 0.340 e. The molecule has 4 saturated carbocycles. The lowest BCUT2D eigenvalue weighted by Crippen LogP contribution is -2.62. The number of aryl methyl sites for hydroxylation is 1. The lowest BCUT2D eigenvalue weighted by atomic mass is 9.47. The highest BCUT2D eigenvalue weighted by atomic mass is 16.2. The van der Waals surface area contributed by atoms with Gasteiger partial charge in [-0.05, 0) is 75.3 Å². The maximum atomic E-state index is 12.7. The summed E-state index contributed by atoms with van der Waals surface area (Å²) in [6, 6.07) is 6.90. The average molecular weight is 341 g/mol. The second-order valence-corrected chi connectivity index (χ2v) is 8.56. The Hall–Kier alpha value is -1.88. The van der Waals surface area contributed by atoms with Crippen molar-refractivity contribution in [2.24, 2.45) is 29.0 Å². The first kappa shape index (κ1) is 16.6. The quantitative estimate of drug-likeness (QED) is 0.446. The Morgan fingerprint density at radius 2 is 1.56 bits per heavy atom. The molecular weight excluding hydrogens is 314 g/mol. The van der Waals surface area contributed by atoms with E-state index in [1.54, 1.807) is 0 Å². The van der Waals surface area contributed by atoms with Crippen molar-refractivity contribution in [3.05, 3.63) is 35.4 Å². The Morgan fingerprint density at radius 1 is 1.04 bits per heavy atom. The summed E-state index contributed by atoms with van der Waals surface area (Å²) < 4.78 is 0. The number of benzene rings is 1. The number of carbonyl (C=O) groups excluding carboxylic acids is 2. The fourth-order valence-corrected chi connectivity index (χ4v) is 6.03. The van der Waals surface area contributed by atoms with E-state index < -0.39 is 6.04 Å². The van der Waals surface area contributed by atoms with Crippen molar-refractivity contribution in [1.29, 1.82) is 0 Å². The molecule has 0 saturated heterocycles. The molecule has 25 heavy (non-hydrogen) atoms. The van der Waals surface area contributed by atoms with Gasteiger partial charge in [0, 0.05) is 11.0 Å². The predicted molar refractivity (Wildman–Crippen MR) is 95.4 cm³/mol. The second kappa shape index (κ2) is 6.13. The summed E-state index contributed by atoms with van der Waals surface area (Å²) in [6.07, 6.45) is 6.98. The topological polar surface area (TPSA) is 84.2 Å². The van der Waals surface area contributed by atoms with Crippen LogP contribution in [0.5, 0.6) is 0 Å². The van der Waals surface area contributed by atoms with Crippen LogP contribution >= 0.6 is 0 Å². The van der Waals surface area contributed by atoms with Crippen LogP contribution in [-0.4, -0.2) is 17.9 Å². The number of hydrazine groups is 1. The van der Waals surface area contributed by atoms with Crippen molar-refractivity contribution in [2.45, 2.75) is 51.5 Å². The Labute approximate surface area is 148 Å². The highest BCUT2D eigenvalue weighted by Gasteiger charge is 2.56. The van der Waals surface area contributed by atoms with E-state index in [9.17, 15) is 9.59 Å². The third-order valence-corrected chi connectivity index (χ3v) is 6.69. The zero-order valence-corrected chi connectivity index (χ0v) is 14.8. The highest BCUT2D eigenvalue weighted by Crippen LogP contribution is 2.61. The molecule has 1 aromatic rings. The Morgan fingerprint density at radius 3 is 2.04 bits per heavy atom. The first-order valence-electron chi connectivity index (χ1n) is 9.37. The molecular formula is C20H27N3O2. The zero-order valence-electron chi connectivity index (χ0n) is 14.8. The van der Waals surface area contributed by atoms with Crippen molar-refractivity contribution in [3.8, 4) is 0 Å². The fourth-order valence-electron chi connectivity index (χ4n) is 6.03. The van der Waals surface area contributed by atoms with Crippen LogP contribution in [0.1, 0.15) is 54.4 Å². The van der Waals surface area contributed by atoms with Gasteiger partial charge in [-0.3, -0.25) is 15.0 Å². The number of nitrogens with one attached hydrogen (secondary N) is 2. The predicted octanol–water partition coefficient (Wildman–Crippen LogP) is 2.30. The molecule has 0 aromatic heterocycles. The van der Waals surface area contributed by atoms with Gasteiger partial charge in [-0.2, -0.15) is 0 Å². The van der Waals surface area contributed by atoms with E-state index in [1.165, 1.54) is 19.3 Å². The van der Waals surface area contributed by atoms with Gasteiger partial charge in [-0.15, -0.1) is 0 Å². The van der Waals surface area contributed by atoms with Gasteiger partial charge in [0.15, 0.2) is 0 Å². The monoisotopic (exact) mass is 341 g/mol. The maximum Gasteiger partial charge on any atom is 0.257 e. The van der Waals surface area contributed by atoms with Crippen LogP contribution in [0, 0.1) is 30.1 Å². The minimum atomic E-state index is -0.542. The van der Waals surface area contributed by atoms with E-state index >= 15 is 0 Å². The van der Waals surface area contributed by atoms with Crippen LogP contribution in [0.3, 0.4) is 0 Å². The van der Waals surface area contributed by atoms with E-state index in [0.29, 0.717) is 23.3 Å². The molecule has 0 spiro atoms.